The molecule has 0 aromatic heterocycles. The number of carbonyl (C=O) groups excluding carboxylic acids is 2. The molecule has 1 N–H and O–H groups in total. The number of nitrogens with zero attached hydrogens (tertiary/aromatic N) is 2. The molecule has 0 atom stereocenters. The third kappa shape index (κ3) is 4.27. The number of benzene rings is 3. The van der Waals surface area contributed by atoms with Gasteiger partial charge in [0.1, 0.15) is 16.4 Å². The Bertz CT molecular complexity index is 1300. The normalized spacial score (nSPS) is 14.1. The first kappa shape index (κ1) is 22.3. The smallest absolute Gasteiger partial charge is 0.269 e. The summed E-state index contributed by atoms with van der Waals surface area (Å²) in [5.74, 6) is -0.512. The van der Waals surface area contributed by atoms with Crippen LogP contribution in [0.2, 0.25) is 0 Å². The molecule has 33 heavy (non-hydrogen) atoms. The van der Waals surface area contributed by atoms with E-state index in [9.17, 15) is 23.1 Å². The molecule has 0 saturated carbocycles. The zero-order valence-electron chi connectivity index (χ0n) is 17.8. The molecule has 1 aliphatic rings. The van der Waals surface area contributed by atoms with E-state index in [2.05, 4.69) is 0 Å². The molecule has 9 heteroatoms. The zero-order chi connectivity index (χ0) is 23.6. The van der Waals surface area contributed by atoms with Gasteiger partial charge in [0.05, 0.1) is 24.9 Å². The number of carbonyl (C=O) groups is 2. The number of methoxy groups -OCH3 is 1. The minimum atomic E-state index is -4.01. The summed E-state index contributed by atoms with van der Waals surface area (Å²) in [5.41, 5.74) is 1.17. The van der Waals surface area contributed by atoms with Gasteiger partial charge in [0.15, 0.2) is 0 Å². The molecule has 0 fully saturated rings. The lowest BCUT2D eigenvalue weighted by molar-refractivity contribution is -0.118. The van der Waals surface area contributed by atoms with Gasteiger partial charge in [0.25, 0.3) is 15.9 Å². The number of aromatic hydroxyl groups is 1. The predicted octanol–water partition coefficient (Wildman–Crippen LogP) is 3.17. The van der Waals surface area contributed by atoms with Crippen LogP contribution in [-0.2, 0) is 21.4 Å². The molecule has 0 aliphatic carbocycles. The van der Waals surface area contributed by atoms with E-state index in [4.69, 9.17) is 4.74 Å². The fourth-order valence-corrected chi connectivity index (χ4v) is 5.27. The molecule has 0 spiro atoms. The number of rotatable bonds is 7. The van der Waals surface area contributed by atoms with Crippen molar-refractivity contribution in [3.63, 3.8) is 0 Å². The van der Waals surface area contributed by atoms with Gasteiger partial charge in [0.2, 0.25) is 5.91 Å². The van der Waals surface area contributed by atoms with Crippen LogP contribution in [0.25, 0.3) is 0 Å². The van der Waals surface area contributed by atoms with Crippen LogP contribution in [-0.4, -0.2) is 43.3 Å². The minimum Gasteiger partial charge on any atom is -0.506 e. The first-order chi connectivity index (χ1) is 15.8. The van der Waals surface area contributed by atoms with Crippen LogP contribution in [0, 0.1) is 0 Å². The van der Waals surface area contributed by atoms with Crippen LogP contribution >= 0.6 is 0 Å². The molecule has 0 unspecified atom stereocenters. The Morgan fingerprint density at radius 2 is 1.67 bits per heavy atom. The van der Waals surface area contributed by atoms with Crippen molar-refractivity contribution in [2.45, 2.75) is 17.9 Å². The van der Waals surface area contributed by atoms with Crippen LogP contribution < -0.4 is 9.64 Å². The fourth-order valence-electron chi connectivity index (χ4n) is 3.70. The average Bonchev–Trinajstić information content (AvgIpc) is 3.02. The van der Waals surface area contributed by atoms with Crippen molar-refractivity contribution in [3.05, 3.63) is 83.9 Å². The van der Waals surface area contributed by atoms with E-state index >= 15 is 0 Å². The number of ether oxygens (including phenoxy) is 1. The van der Waals surface area contributed by atoms with Crippen LogP contribution in [0.15, 0.2) is 77.7 Å². The van der Waals surface area contributed by atoms with Crippen LogP contribution in [0.1, 0.15) is 22.3 Å². The van der Waals surface area contributed by atoms with Crippen LogP contribution in [0.3, 0.4) is 0 Å². The highest BCUT2D eigenvalue weighted by Gasteiger charge is 2.41. The van der Waals surface area contributed by atoms with Crippen molar-refractivity contribution in [2.75, 3.05) is 18.6 Å². The number of phenols is 1. The first-order valence-corrected chi connectivity index (χ1v) is 11.6. The van der Waals surface area contributed by atoms with Gasteiger partial charge in [-0.3, -0.25) is 9.59 Å². The number of hydrogen-bond donors (Lipinski definition) is 1. The number of hydrogen-bond acceptors (Lipinski definition) is 6. The second-order valence-electron chi connectivity index (χ2n) is 7.45. The van der Waals surface area contributed by atoms with Gasteiger partial charge in [-0.2, -0.15) is 0 Å². The van der Waals surface area contributed by atoms with Crippen molar-refractivity contribution in [3.8, 4) is 11.5 Å². The SMILES string of the molecule is COc1ccc(CN(C(=O)CCN2C(=O)c3ccccc3S2(=O)=O)c2ccccc2O)cc1. The van der Waals surface area contributed by atoms with E-state index in [0.29, 0.717) is 5.75 Å². The van der Waals surface area contributed by atoms with E-state index in [1.54, 1.807) is 61.7 Å². The lowest BCUT2D eigenvalue weighted by Gasteiger charge is -2.25. The first-order valence-electron chi connectivity index (χ1n) is 10.2. The Kier molecular flexibility index (Phi) is 6.06. The standard InChI is InChI=1S/C24H22N2O6S/c1-32-18-12-10-17(11-13-18)16-25(20-7-3-4-8-21(20)27)23(28)14-15-26-24(29)19-6-2-5-9-22(19)33(26,30)31/h2-13,27H,14-16H2,1H3. The van der Waals surface area contributed by atoms with Gasteiger partial charge in [-0.25, -0.2) is 12.7 Å². The number of sulfonamides is 1. The maximum Gasteiger partial charge on any atom is 0.269 e. The summed E-state index contributed by atoms with van der Waals surface area (Å²) in [7, 11) is -2.45. The molecule has 170 valence electrons. The summed E-state index contributed by atoms with van der Waals surface area (Å²) < 4.78 is 31.5. The summed E-state index contributed by atoms with van der Waals surface area (Å²) in [6.07, 6.45) is -0.247. The number of para-hydroxylation sites is 2. The van der Waals surface area contributed by atoms with Gasteiger partial charge in [-0.1, -0.05) is 36.4 Å². The Morgan fingerprint density at radius 1 is 1.00 bits per heavy atom. The third-order valence-corrected chi connectivity index (χ3v) is 7.25. The lowest BCUT2D eigenvalue weighted by Crippen LogP contribution is -2.36. The van der Waals surface area contributed by atoms with E-state index in [1.165, 1.54) is 23.1 Å². The van der Waals surface area contributed by atoms with E-state index in [0.717, 1.165) is 9.87 Å². The maximum atomic E-state index is 13.2. The maximum absolute atomic E-state index is 13.2. The Morgan fingerprint density at radius 3 is 2.33 bits per heavy atom. The summed E-state index contributed by atoms with van der Waals surface area (Å²) in [4.78, 5) is 27.2. The largest absolute Gasteiger partial charge is 0.506 e. The van der Waals surface area contributed by atoms with Crippen LogP contribution in [0.4, 0.5) is 5.69 Å². The lowest BCUT2D eigenvalue weighted by atomic mass is 10.1. The molecule has 4 rings (SSSR count). The van der Waals surface area contributed by atoms with E-state index in [1.807, 2.05) is 0 Å². The van der Waals surface area contributed by atoms with Crippen LogP contribution in [0.5, 0.6) is 11.5 Å². The Hall–Kier alpha value is -3.85. The van der Waals surface area contributed by atoms with Gasteiger partial charge in [-0.05, 0) is 42.0 Å². The quantitative estimate of drug-likeness (QED) is 0.574. The topological polar surface area (TPSA) is 104 Å². The molecular formula is C24H22N2O6S. The third-order valence-electron chi connectivity index (χ3n) is 5.41. The zero-order valence-corrected chi connectivity index (χ0v) is 18.7. The molecule has 8 nitrogen and oxygen atoms in total. The minimum absolute atomic E-state index is 0.0572. The number of amides is 2. The fraction of sp³-hybridized carbons (Fsp3) is 0.167. The summed E-state index contributed by atoms with van der Waals surface area (Å²) >= 11 is 0. The summed E-state index contributed by atoms with van der Waals surface area (Å²) in [6.45, 7) is -0.164. The molecule has 3 aromatic carbocycles. The highest BCUT2D eigenvalue weighted by Crippen LogP contribution is 2.32. The molecule has 2 amide bonds. The molecule has 0 bridgehead atoms. The molecule has 3 aromatic rings. The highest BCUT2D eigenvalue weighted by atomic mass is 32.2. The van der Waals surface area contributed by atoms with Gasteiger partial charge < -0.3 is 14.7 Å². The van der Waals surface area contributed by atoms with Gasteiger partial charge in [-0.15, -0.1) is 0 Å². The average molecular weight is 467 g/mol. The van der Waals surface area contributed by atoms with Gasteiger partial charge >= 0.3 is 0 Å². The second kappa shape index (κ2) is 8.95. The van der Waals surface area contributed by atoms with Gasteiger partial charge in [0, 0.05) is 13.0 Å². The van der Waals surface area contributed by atoms with E-state index < -0.39 is 21.8 Å². The summed E-state index contributed by atoms with van der Waals surface area (Å²) in [5, 5.41) is 10.3. The molecule has 0 radical (unpaired) electrons. The monoisotopic (exact) mass is 466 g/mol. The molecular weight excluding hydrogens is 444 g/mol. The number of anilines is 1. The summed E-state index contributed by atoms with van der Waals surface area (Å²) in [6, 6.07) is 19.5. The van der Waals surface area contributed by atoms with E-state index in [-0.39, 0.29) is 41.4 Å². The van der Waals surface area contributed by atoms with Crippen molar-refractivity contribution < 1.29 is 27.9 Å². The van der Waals surface area contributed by atoms with Crippen molar-refractivity contribution >= 4 is 27.5 Å². The number of fused-ring (bicyclic) bond motifs is 1. The molecule has 1 heterocycles. The van der Waals surface area contributed by atoms with Crippen molar-refractivity contribution in [2.24, 2.45) is 0 Å². The Balaban J connectivity index is 1.57. The molecule has 0 saturated heterocycles. The number of phenolic OH excluding ortho intramolecular Hbond substituents is 1. The molecule has 1 aliphatic heterocycles. The predicted molar refractivity (Wildman–Crippen MR) is 122 cm³/mol. The second-order valence-corrected chi connectivity index (χ2v) is 9.28. The van der Waals surface area contributed by atoms with Crippen molar-refractivity contribution in [1.29, 1.82) is 0 Å². The Labute approximate surface area is 191 Å². The van der Waals surface area contributed by atoms with Crippen molar-refractivity contribution in [1.82, 2.24) is 4.31 Å². The highest BCUT2D eigenvalue weighted by molar-refractivity contribution is 7.90.